The lowest BCUT2D eigenvalue weighted by Crippen LogP contribution is -2.38. The van der Waals surface area contributed by atoms with Crippen LogP contribution in [0.3, 0.4) is 0 Å². The van der Waals surface area contributed by atoms with E-state index in [1.165, 1.54) is 19.4 Å². The summed E-state index contributed by atoms with van der Waals surface area (Å²) in [4.78, 5) is 14.9. The number of nitrogens with zero attached hydrogens (tertiary/aromatic N) is 1. The smallest absolute Gasteiger partial charge is 0.244 e. The van der Waals surface area contributed by atoms with E-state index in [9.17, 15) is 13.2 Å². The van der Waals surface area contributed by atoms with Gasteiger partial charge in [0.2, 0.25) is 15.9 Å². The third kappa shape index (κ3) is 5.04. The number of methoxy groups -OCH3 is 1. The van der Waals surface area contributed by atoms with Gasteiger partial charge in [0.05, 0.1) is 13.2 Å². The molecule has 0 aliphatic rings. The Hall–Kier alpha value is -1.23. The van der Waals surface area contributed by atoms with Crippen LogP contribution >= 0.6 is 15.9 Å². The van der Waals surface area contributed by atoms with Crippen molar-refractivity contribution < 1.29 is 17.9 Å². The molecule has 0 saturated carbocycles. The van der Waals surface area contributed by atoms with Gasteiger partial charge in [0.15, 0.2) is 0 Å². The lowest BCUT2D eigenvalue weighted by atomic mass is 10.5. The summed E-state index contributed by atoms with van der Waals surface area (Å²) in [5, 5.41) is 2.49. The molecular weight excluding hydrogens is 352 g/mol. The molecule has 1 amide bonds. The number of carbonyl (C=O) groups is 1. The van der Waals surface area contributed by atoms with E-state index in [1.54, 1.807) is 0 Å². The van der Waals surface area contributed by atoms with Crippen molar-refractivity contribution in [1.29, 1.82) is 0 Å². The molecule has 1 aromatic rings. The van der Waals surface area contributed by atoms with E-state index < -0.39 is 22.5 Å². The second kappa shape index (κ2) is 7.53. The Morgan fingerprint density at radius 2 is 2.25 bits per heavy atom. The van der Waals surface area contributed by atoms with Gasteiger partial charge in [0, 0.05) is 24.3 Å². The van der Waals surface area contributed by atoms with Crippen molar-refractivity contribution in [2.45, 2.75) is 4.90 Å². The van der Waals surface area contributed by atoms with Gasteiger partial charge >= 0.3 is 0 Å². The van der Waals surface area contributed by atoms with Crippen LogP contribution in [0.2, 0.25) is 0 Å². The van der Waals surface area contributed by atoms with Crippen LogP contribution in [-0.4, -0.2) is 46.1 Å². The second-order valence-corrected chi connectivity index (χ2v) is 6.36. The molecule has 0 aromatic carbocycles. The molecule has 0 spiro atoms. The summed E-state index contributed by atoms with van der Waals surface area (Å²) in [5.41, 5.74) is 5.51. The number of ether oxygens (including phenoxy) is 1. The first-order valence-corrected chi connectivity index (χ1v) is 7.80. The fraction of sp³-hybridized carbons (Fsp3) is 0.400. The molecule has 8 nitrogen and oxygen atoms in total. The Morgan fingerprint density at radius 1 is 1.55 bits per heavy atom. The normalized spacial score (nSPS) is 11.3. The average molecular weight is 367 g/mol. The molecule has 1 heterocycles. The minimum Gasteiger partial charge on any atom is -0.383 e. The molecule has 0 saturated heterocycles. The first kappa shape index (κ1) is 16.8. The number of nitrogen functional groups attached to an aromatic ring is 1. The number of pyridine rings is 1. The molecule has 0 atom stereocenters. The van der Waals surface area contributed by atoms with Gasteiger partial charge in [-0.2, -0.15) is 0 Å². The molecule has 20 heavy (non-hydrogen) atoms. The second-order valence-electron chi connectivity index (χ2n) is 3.70. The Morgan fingerprint density at radius 3 is 2.90 bits per heavy atom. The fourth-order valence-electron chi connectivity index (χ4n) is 1.24. The Labute approximate surface area is 125 Å². The predicted molar refractivity (Wildman–Crippen MR) is 76.4 cm³/mol. The number of hydrogen-bond donors (Lipinski definition) is 3. The van der Waals surface area contributed by atoms with Crippen LogP contribution < -0.4 is 15.8 Å². The van der Waals surface area contributed by atoms with Crippen LogP contribution in [0, 0.1) is 0 Å². The number of carbonyl (C=O) groups excluding carboxylic acids is 1. The average Bonchev–Trinajstić information content (AvgIpc) is 2.39. The van der Waals surface area contributed by atoms with Crippen LogP contribution in [0.4, 0.5) is 5.82 Å². The predicted octanol–water partition coefficient (Wildman–Crippen LogP) is -0.533. The van der Waals surface area contributed by atoms with E-state index >= 15 is 0 Å². The number of halogens is 1. The zero-order valence-corrected chi connectivity index (χ0v) is 13.1. The third-order valence-corrected chi connectivity index (χ3v) is 4.05. The first-order chi connectivity index (χ1) is 9.36. The molecule has 0 aliphatic heterocycles. The molecule has 0 aliphatic carbocycles. The van der Waals surface area contributed by atoms with Crippen molar-refractivity contribution >= 4 is 37.7 Å². The summed E-state index contributed by atoms with van der Waals surface area (Å²) < 4.78 is 31.3. The van der Waals surface area contributed by atoms with Crippen molar-refractivity contribution in [3.8, 4) is 0 Å². The van der Waals surface area contributed by atoms with Gasteiger partial charge in [0.1, 0.15) is 10.7 Å². The van der Waals surface area contributed by atoms with Crippen molar-refractivity contribution in [2.75, 3.05) is 32.5 Å². The van der Waals surface area contributed by atoms with Crippen LogP contribution in [0.1, 0.15) is 0 Å². The number of amides is 1. The van der Waals surface area contributed by atoms with Crippen molar-refractivity contribution in [3.63, 3.8) is 0 Å². The van der Waals surface area contributed by atoms with E-state index in [0.717, 1.165) is 0 Å². The fourth-order valence-corrected chi connectivity index (χ4v) is 2.81. The quantitative estimate of drug-likeness (QED) is 0.557. The summed E-state index contributed by atoms with van der Waals surface area (Å²) in [5.74, 6) is -0.604. The van der Waals surface area contributed by atoms with Crippen molar-refractivity contribution in [2.24, 2.45) is 0 Å². The molecule has 4 N–H and O–H groups in total. The molecule has 1 aromatic heterocycles. The number of rotatable bonds is 7. The molecule has 0 fully saturated rings. The molecule has 0 bridgehead atoms. The van der Waals surface area contributed by atoms with Gasteiger partial charge in [-0.05, 0) is 22.0 Å². The third-order valence-electron chi connectivity index (χ3n) is 2.19. The van der Waals surface area contributed by atoms with Crippen molar-refractivity contribution in [1.82, 2.24) is 15.0 Å². The summed E-state index contributed by atoms with van der Waals surface area (Å²) in [6.07, 6.45) is 1.38. The minimum atomic E-state index is -3.90. The zero-order chi connectivity index (χ0) is 15.2. The Kier molecular flexibility index (Phi) is 6.33. The van der Waals surface area contributed by atoms with E-state index in [-0.39, 0.29) is 10.7 Å². The van der Waals surface area contributed by atoms with Crippen LogP contribution in [-0.2, 0) is 19.6 Å². The molecule has 10 heteroatoms. The minimum absolute atomic E-state index is 0.138. The summed E-state index contributed by atoms with van der Waals surface area (Å²) in [6.45, 7) is 0.261. The van der Waals surface area contributed by atoms with Crippen LogP contribution in [0.25, 0.3) is 0 Å². The highest BCUT2D eigenvalue weighted by Gasteiger charge is 2.19. The van der Waals surface area contributed by atoms with Gasteiger partial charge in [-0.3, -0.25) is 4.79 Å². The maximum atomic E-state index is 12.0. The lowest BCUT2D eigenvalue weighted by Gasteiger charge is -2.09. The Bertz CT molecular complexity index is 579. The zero-order valence-electron chi connectivity index (χ0n) is 10.7. The standard InChI is InChI=1S/C10H15BrN4O4S/c1-19-3-2-13-9(16)6-15-20(17,18)8-4-7(11)5-14-10(8)12/h4-5,15H,2-3,6H2,1H3,(H2,12,14)(H,13,16). The highest BCUT2D eigenvalue weighted by atomic mass is 79.9. The number of sulfonamides is 1. The molecule has 1 rings (SSSR count). The summed E-state index contributed by atoms with van der Waals surface area (Å²) >= 11 is 3.11. The van der Waals surface area contributed by atoms with Crippen molar-refractivity contribution in [3.05, 3.63) is 16.7 Å². The topological polar surface area (TPSA) is 123 Å². The molecular formula is C10H15BrN4O4S. The number of hydrogen-bond acceptors (Lipinski definition) is 6. The highest BCUT2D eigenvalue weighted by Crippen LogP contribution is 2.19. The number of aromatic nitrogens is 1. The maximum absolute atomic E-state index is 12.0. The summed E-state index contributed by atoms with van der Waals surface area (Å²) in [6, 6.07) is 1.31. The van der Waals surface area contributed by atoms with Gasteiger partial charge < -0.3 is 15.8 Å². The molecule has 112 valence electrons. The van der Waals surface area contributed by atoms with Crippen LogP contribution in [0.5, 0.6) is 0 Å². The van der Waals surface area contributed by atoms with E-state index in [0.29, 0.717) is 17.6 Å². The maximum Gasteiger partial charge on any atom is 0.244 e. The number of nitrogens with two attached hydrogens (primary N) is 1. The number of anilines is 1. The van der Waals surface area contributed by atoms with E-state index in [4.69, 9.17) is 10.5 Å². The monoisotopic (exact) mass is 366 g/mol. The van der Waals surface area contributed by atoms with Gasteiger partial charge in [-0.25, -0.2) is 18.1 Å². The van der Waals surface area contributed by atoms with Gasteiger partial charge in [-0.1, -0.05) is 0 Å². The Balaban J connectivity index is 2.66. The van der Waals surface area contributed by atoms with Gasteiger partial charge in [0.25, 0.3) is 0 Å². The van der Waals surface area contributed by atoms with E-state index in [2.05, 4.69) is 31.0 Å². The number of nitrogens with one attached hydrogen (secondary N) is 2. The largest absolute Gasteiger partial charge is 0.383 e. The van der Waals surface area contributed by atoms with Crippen LogP contribution in [0.15, 0.2) is 21.6 Å². The molecule has 0 unspecified atom stereocenters. The SMILES string of the molecule is COCCNC(=O)CNS(=O)(=O)c1cc(Br)cnc1N. The van der Waals surface area contributed by atoms with E-state index in [1.807, 2.05) is 0 Å². The van der Waals surface area contributed by atoms with Gasteiger partial charge in [-0.15, -0.1) is 0 Å². The summed E-state index contributed by atoms with van der Waals surface area (Å²) in [7, 11) is -2.40. The first-order valence-electron chi connectivity index (χ1n) is 5.53. The lowest BCUT2D eigenvalue weighted by molar-refractivity contribution is -0.120. The highest BCUT2D eigenvalue weighted by molar-refractivity contribution is 9.10. The molecule has 0 radical (unpaired) electrons.